The van der Waals surface area contributed by atoms with E-state index in [1.165, 1.54) is 31.5 Å². The fourth-order valence-corrected chi connectivity index (χ4v) is 3.21. The first-order valence-electron chi connectivity index (χ1n) is 9.55. The van der Waals surface area contributed by atoms with E-state index in [0.717, 1.165) is 25.6 Å². The molecule has 1 aromatic rings. The van der Waals surface area contributed by atoms with E-state index in [-0.39, 0.29) is 0 Å². The van der Waals surface area contributed by atoms with E-state index in [9.17, 15) is 0 Å². The first-order chi connectivity index (χ1) is 12.1. The van der Waals surface area contributed by atoms with Gasteiger partial charge < -0.3 is 15.5 Å². The summed E-state index contributed by atoms with van der Waals surface area (Å²) in [6.45, 7) is 9.59. The third-order valence-corrected chi connectivity index (χ3v) is 5.09. The lowest BCUT2D eigenvalue weighted by Gasteiger charge is -2.29. The van der Waals surface area contributed by atoms with Crippen LogP contribution in [0.15, 0.2) is 35.3 Å². The van der Waals surface area contributed by atoms with Crippen LogP contribution in [-0.2, 0) is 0 Å². The molecule has 25 heavy (non-hydrogen) atoms. The van der Waals surface area contributed by atoms with Crippen molar-refractivity contribution in [1.29, 1.82) is 0 Å². The minimum absolute atomic E-state index is 0.403. The number of guanidine groups is 1. The smallest absolute Gasteiger partial charge is 0.191 e. The zero-order chi connectivity index (χ0) is 18.1. The van der Waals surface area contributed by atoms with Gasteiger partial charge in [-0.1, -0.05) is 30.3 Å². The van der Waals surface area contributed by atoms with E-state index in [0.29, 0.717) is 12.1 Å². The molecule has 1 unspecified atom stereocenters. The summed E-state index contributed by atoms with van der Waals surface area (Å²) in [6.07, 6.45) is 2.61. The third-order valence-electron chi connectivity index (χ3n) is 5.09. The molecule has 5 nitrogen and oxygen atoms in total. The zero-order valence-corrected chi connectivity index (χ0v) is 16.3. The Labute approximate surface area is 153 Å². The molecule has 0 aliphatic carbocycles. The lowest BCUT2D eigenvalue weighted by atomic mass is 10.1. The molecule has 140 valence electrons. The Morgan fingerprint density at radius 3 is 2.44 bits per heavy atom. The van der Waals surface area contributed by atoms with Crippen molar-refractivity contribution in [3.8, 4) is 0 Å². The minimum atomic E-state index is 0.403. The maximum Gasteiger partial charge on any atom is 0.191 e. The number of aliphatic imine (C=N–C) groups is 1. The molecule has 0 bridgehead atoms. The summed E-state index contributed by atoms with van der Waals surface area (Å²) < 4.78 is 0. The second kappa shape index (κ2) is 10.4. The molecule has 2 rings (SSSR count). The molecular weight excluding hydrogens is 310 g/mol. The predicted molar refractivity (Wildman–Crippen MR) is 107 cm³/mol. The van der Waals surface area contributed by atoms with Crippen molar-refractivity contribution in [2.45, 2.75) is 38.8 Å². The van der Waals surface area contributed by atoms with Crippen molar-refractivity contribution in [2.75, 3.05) is 46.8 Å². The fraction of sp³-hybridized carbons (Fsp3) is 0.650. The van der Waals surface area contributed by atoms with Gasteiger partial charge in [0, 0.05) is 32.7 Å². The van der Waals surface area contributed by atoms with Crippen LogP contribution in [0.4, 0.5) is 0 Å². The molecule has 1 fully saturated rings. The number of nitrogens with one attached hydrogen (secondary N) is 2. The third kappa shape index (κ3) is 6.33. The van der Waals surface area contributed by atoms with Crippen LogP contribution < -0.4 is 10.6 Å². The Kier molecular flexibility index (Phi) is 8.22. The molecule has 1 heterocycles. The summed E-state index contributed by atoms with van der Waals surface area (Å²) in [6, 6.07) is 11.8. The Morgan fingerprint density at radius 2 is 1.84 bits per heavy atom. The summed E-state index contributed by atoms with van der Waals surface area (Å²) in [5.74, 6) is 0.886. The van der Waals surface area contributed by atoms with Gasteiger partial charge in [-0.05, 0) is 52.4 Å². The van der Waals surface area contributed by atoms with Crippen molar-refractivity contribution >= 4 is 5.96 Å². The molecule has 1 aliphatic rings. The SMILES string of the molecule is CN=C(NCCN(C)C(C)C)NCC(c1ccccc1)N1CCCC1. The average molecular weight is 346 g/mol. The standard InChI is InChI=1S/C20H35N5/c1-17(2)24(4)15-12-22-20(21-3)23-16-19(25-13-8-9-14-25)18-10-6-5-7-11-18/h5-7,10-11,17,19H,8-9,12-16H2,1-4H3,(H2,21,22,23). The lowest BCUT2D eigenvalue weighted by Crippen LogP contribution is -2.45. The van der Waals surface area contributed by atoms with Gasteiger partial charge in [0.25, 0.3) is 0 Å². The number of hydrogen-bond donors (Lipinski definition) is 2. The van der Waals surface area contributed by atoms with Crippen molar-refractivity contribution in [3.63, 3.8) is 0 Å². The second-order valence-corrected chi connectivity index (χ2v) is 7.12. The van der Waals surface area contributed by atoms with Gasteiger partial charge in [-0.15, -0.1) is 0 Å². The molecule has 1 aromatic carbocycles. The van der Waals surface area contributed by atoms with Gasteiger partial charge in [0.1, 0.15) is 0 Å². The maximum absolute atomic E-state index is 4.38. The van der Waals surface area contributed by atoms with E-state index in [4.69, 9.17) is 0 Å². The summed E-state index contributed by atoms with van der Waals surface area (Å²) in [4.78, 5) is 9.30. The van der Waals surface area contributed by atoms with E-state index in [1.54, 1.807) is 0 Å². The normalized spacial score (nSPS) is 17.3. The number of benzene rings is 1. The molecule has 1 saturated heterocycles. The predicted octanol–water partition coefficient (Wildman–Crippen LogP) is 2.33. The highest BCUT2D eigenvalue weighted by Crippen LogP contribution is 2.24. The zero-order valence-electron chi connectivity index (χ0n) is 16.3. The summed E-state index contributed by atoms with van der Waals surface area (Å²) in [5.41, 5.74) is 1.38. The van der Waals surface area contributed by atoms with Crippen LogP contribution in [0.5, 0.6) is 0 Å². The molecule has 0 amide bonds. The van der Waals surface area contributed by atoms with Gasteiger partial charge in [0.15, 0.2) is 5.96 Å². The number of rotatable bonds is 8. The van der Waals surface area contributed by atoms with Crippen LogP contribution >= 0.6 is 0 Å². The first kappa shape index (κ1) is 19.7. The van der Waals surface area contributed by atoms with Crippen molar-refractivity contribution in [3.05, 3.63) is 35.9 Å². The molecule has 0 aromatic heterocycles. The van der Waals surface area contributed by atoms with Crippen LogP contribution in [0, 0.1) is 0 Å². The van der Waals surface area contributed by atoms with Crippen LogP contribution in [0.2, 0.25) is 0 Å². The highest BCUT2D eigenvalue weighted by atomic mass is 15.2. The monoisotopic (exact) mass is 345 g/mol. The van der Waals surface area contributed by atoms with E-state index < -0.39 is 0 Å². The van der Waals surface area contributed by atoms with Gasteiger partial charge in [-0.25, -0.2) is 0 Å². The fourth-order valence-electron chi connectivity index (χ4n) is 3.21. The Hall–Kier alpha value is -1.59. The molecule has 5 heteroatoms. The lowest BCUT2D eigenvalue weighted by molar-refractivity contribution is 0.245. The van der Waals surface area contributed by atoms with Gasteiger partial charge >= 0.3 is 0 Å². The Bertz CT molecular complexity index is 508. The molecular formula is C20H35N5. The van der Waals surface area contributed by atoms with E-state index >= 15 is 0 Å². The highest BCUT2D eigenvalue weighted by Gasteiger charge is 2.23. The molecule has 1 atom stereocenters. The largest absolute Gasteiger partial charge is 0.355 e. The van der Waals surface area contributed by atoms with E-state index in [2.05, 4.69) is 76.7 Å². The molecule has 1 aliphatic heterocycles. The second-order valence-electron chi connectivity index (χ2n) is 7.12. The number of likely N-dealkylation sites (N-methyl/N-ethyl adjacent to an activating group) is 1. The highest BCUT2D eigenvalue weighted by molar-refractivity contribution is 5.79. The van der Waals surface area contributed by atoms with Gasteiger partial charge in [-0.3, -0.25) is 9.89 Å². The van der Waals surface area contributed by atoms with Gasteiger partial charge in [0.05, 0.1) is 6.04 Å². The van der Waals surface area contributed by atoms with Crippen LogP contribution in [0.3, 0.4) is 0 Å². The molecule has 2 N–H and O–H groups in total. The van der Waals surface area contributed by atoms with Gasteiger partial charge in [-0.2, -0.15) is 0 Å². The summed E-state index contributed by atoms with van der Waals surface area (Å²) in [7, 11) is 4.00. The van der Waals surface area contributed by atoms with Crippen LogP contribution in [-0.4, -0.2) is 68.6 Å². The quantitative estimate of drug-likeness (QED) is 0.561. The van der Waals surface area contributed by atoms with Crippen molar-refractivity contribution < 1.29 is 0 Å². The summed E-state index contributed by atoms with van der Waals surface area (Å²) >= 11 is 0. The topological polar surface area (TPSA) is 42.9 Å². The van der Waals surface area contributed by atoms with E-state index in [1.807, 2.05) is 7.05 Å². The first-order valence-corrected chi connectivity index (χ1v) is 9.55. The number of hydrogen-bond acceptors (Lipinski definition) is 3. The Morgan fingerprint density at radius 1 is 1.16 bits per heavy atom. The van der Waals surface area contributed by atoms with Crippen molar-refractivity contribution in [2.24, 2.45) is 4.99 Å². The molecule has 0 spiro atoms. The number of nitrogens with zero attached hydrogens (tertiary/aromatic N) is 3. The van der Waals surface area contributed by atoms with Crippen LogP contribution in [0.1, 0.15) is 38.3 Å². The molecule has 0 saturated carbocycles. The minimum Gasteiger partial charge on any atom is -0.355 e. The van der Waals surface area contributed by atoms with Crippen LogP contribution in [0.25, 0.3) is 0 Å². The average Bonchev–Trinajstić information content (AvgIpc) is 3.15. The number of likely N-dealkylation sites (tertiary alicyclic amines) is 1. The summed E-state index contributed by atoms with van der Waals surface area (Å²) in [5, 5.41) is 6.96. The Balaban J connectivity index is 1.88. The van der Waals surface area contributed by atoms with Crippen molar-refractivity contribution in [1.82, 2.24) is 20.4 Å². The van der Waals surface area contributed by atoms with Gasteiger partial charge in [0.2, 0.25) is 0 Å². The maximum atomic E-state index is 4.38. The molecule has 0 radical (unpaired) electrons.